The van der Waals surface area contributed by atoms with Crippen molar-refractivity contribution in [1.82, 2.24) is 4.90 Å². The van der Waals surface area contributed by atoms with Gasteiger partial charge in [-0.1, -0.05) is 73.3 Å². The molecule has 0 radical (unpaired) electrons. The van der Waals surface area contributed by atoms with E-state index in [0.717, 1.165) is 33.2 Å². The maximum absolute atomic E-state index is 13.7. The molecule has 3 atom stereocenters. The van der Waals surface area contributed by atoms with Crippen LogP contribution in [0.1, 0.15) is 84.4 Å². The summed E-state index contributed by atoms with van der Waals surface area (Å²) in [7, 11) is 0. The molecule has 3 aromatic rings. The molecule has 0 saturated carbocycles. The highest BCUT2D eigenvalue weighted by Gasteiger charge is 2.34. The van der Waals surface area contributed by atoms with Crippen LogP contribution in [0.5, 0.6) is 5.75 Å². The lowest BCUT2D eigenvalue weighted by Crippen LogP contribution is -2.41. The first-order valence-electron chi connectivity index (χ1n) is 15.3. The van der Waals surface area contributed by atoms with Gasteiger partial charge in [0.1, 0.15) is 17.5 Å². The van der Waals surface area contributed by atoms with Gasteiger partial charge in [0, 0.05) is 24.4 Å². The molecule has 0 saturated heterocycles. The summed E-state index contributed by atoms with van der Waals surface area (Å²) in [6, 6.07) is 22.0. The first kappa shape index (κ1) is 32.6. The second kappa shape index (κ2) is 13.5. The van der Waals surface area contributed by atoms with E-state index in [9.17, 15) is 14.7 Å². The number of carboxylic acids is 1. The number of carbonyl (C=O) groups excluding carboxylic acids is 1. The Morgan fingerprint density at radius 3 is 2.41 bits per heavy atom. The number of hydrogen-bond donors (Lipinski definition) is 1. The number of ether oxygens (including phenoxy) is 2. The Morgan fingerprint density at radius 2 is 1.73 bits per heavy atom. The molecule has 3 aromatic carbocycles. The molecule has 0 unspecified atom stereocenters. The Labute approximate surface area is 261 Å². The summed E-state index contributed by atoms with van der Waals surface area (Å²) >= 11 is 0. The number of amides is 1. The van der Waals surface area contributed by atoms with Crippen molar-refractivity contribution in [2.24, 2.45) is 0 Å². The highest BCUT2D eigenvalue weighted by Crippen LogP contribution is 2.44. The molecular formula is C38H45NO5. The predicted molar refractivity (Wildman–Crippen MR) is 177 cm³/mol. The molecule has 0 fully saturated rings. The topological polar surface area (TPSA) is 76.1 Å². The second-order valence-corrected chi connectivity index (χ2v) is 12.6. The van der Waals surface area contributed by atoms with E-state index in [1.165, 1.54) is 0 Å². The SMILES string of the molecule is C=C(/C(C)=C(C(=O)O)\C(C)=C/C)[C@@H]1C[C@H](CCN(C(=O)OC(C)(C)C)[C@H](C)c2cccc3ccccc23)Oc2ccccc21. The normalized spacial score (nSPS) is 18.0. The van der Waals surface area contributed by atoms with Gasteiger partial charge in [-0.25, -0.2) is 9.59 Å². The van der Waals surface area contributed by atoms with Crippen molar-refractivity contribution >= 4 is 22.8 Å². The minimum Gasteiger partial charge on any atom is -0.490 e. The first-order chi connectivity index (χ1) is 20.8. The predicted octanol–water partition coefficient (Wildman–Crippen LogP) is 9.39. The average molecular weight is 596 g/mol. The van der Waals surface area contributed by atoms with Crippen molar-refractivity contribution < 1.29 is 24.2 Å². The molecule has 0 aliphatic carbocycles. The summed E-state index contributed by atoms with van der Waals surface area (Å²) < 4.78 is 12.4. The molecule has 0 bridgehead atoms. The van der Waals surface area contributed by atoms with Gasteiger partial charge in [-0.15, -0.1) is 0 Å². The molecule has 1 amide bonds. The molecule has 6 nitrogen and oxygen atoms in total. The van der Waals surface area contributed by atoms with Crippen LogP contribution >= 0.6 is 0 Å². The molecular weight excluding hydrogens is 550 g/mol. The fraction of sp³-hybridized carbons (Fsp3) is 0.368. The van der Waals surface area contributed by atoms with Crippen LogP contribution in [0.15, 0.2) is 102 Å². The average Bonchev–Trinajstić information content (AvgIpc) is 2.98. The monoisotopic (exact) mass is 595 g/mol. The van der Waals surface area contributed by atoms with E-state index < -0.39 is 11.6 Å². The second-order valence-electron chi connectivity index (χ2n) is 12.6. The quantitative estimate of drug-likeness (QED) is 0.197. The zero-order valence-corrected chi connectivity index (χ0v) is 27.0. The number of nitrogens with zero attached hydrogens (tertiary/aromatic N) is 1. The van der Waals surface area contributed by atoms with Gasteiger partial charge in [0.2, 0.25) is 0 Å². The molecule has 232 valence electrons. The molecule has 1 heterocycles. The third-order valence-electron chi connectivity index (χ3n) is 8.47. The molecule has 1 N–H and O–H groups in total. The van der Waals surface area contributed by atoms with Crippen LogP contribution in [-0.4, -0.2) is 40.3 Å². The lowest BCUT2D eigenvalue weighted by Gasteiger charge is -2.36. The number of aliphatic carboxylic acids is 1. The molecule has 1 aliphatic rings. The minimum absolute atomic E-state index is 0.130. The molecule has 44 heavy (non-hydrogen) atoms. The smallest absolute Gasteiger partial charge is 0.410 e. The lowest BCUT2D eigenvalue weighted by atomic mass is 9.79. The van der Waals surface area contributed by atoms with Gasteiger partial charge in [-0.3, -0.25) is 0 Å². The largest absolute Gasteiger partial charge is 0.490 e. The van der Waals surface area contributed by atoms with Crippen LogP contribution in [0.4, 0.5) is 4.79 Å². The van der Waals surface area contributed by atoms with Gasteiger partial charge in [0.05, 0.1) is 11.6 Å². The summed E-state index contributed by atoms with van der Waals surface area (Å²) in [5.74, 6) is -0.339. The van der Waals surface area contributed by atoms with Gasteiger partial charge in [-0.05, 0) is 94.0 Å². The molecule has 0 spiro atoms. The number of hydrogen-bond acceptors (Lipinski definition) is 4. The van der Waals surface area contributed by atoms with Gasteiger partial charge < -0.3 is 19.5 Å². The summed E-state index contributed by atoms with van der Waals surface area (Å²) in [5, 5.41) is 12.2. The number of benzene rings is 3. The first-order valence-corrected chi connectivity index (χ1v) is 15.3. The number of allylic oxidation sites excluding steroid dienone is 3. The third kappa shape index (κ3) is 7.24. The van der Waals surface area contributed by atoms with Crippen LogP contribution in [0.2, 0.25) is 0 Å². The van der Waals surface area contributed by atoms with E-state index in [1.807, 2.05) is 97.0 Å². The summed E-state index contributed by atoms with van der Waals surface area (Å²) in [6.07, 6.45) is 2.39. The minimum atomic E-state index is -0.966. The van der Waals surface area contributed by atoms with E-state index in [0.29, 0.717) is 30.5 Å². The van der Waals surface area contributed by atoms with Crippen LogP contribution < -0.4 is 4.74 Å². The van der Waals surface area contributed by atoms with Gasteiger partial charge in [0.25, 0.3) is 0 Å². The molecule has 1 aliphatic heterocycles. The highest BCUT2D eigenvalue weighted by atomic mass is 16.6. The summed E-state index contributed by atoms with van der Waals surface area (Å²) in [6.45, 7) is 18.0. The van der Waals surface area contributed by atoms with E-state index in [1.54, 1.807) is 4.90 Å². The van der Waals surface area contributed by atoms with Crippen molar-refractivity contribution in [3.63, 3.8) is 0 Å². The Hall–Kier alpha value is -4.32. The highest BCUT2D eigenvalue weighted by molar-refractivity contribution is 5.93. The van der Waals surface area contributed by atoms with Crippen LogP contribution in [0.3, 0.4) is 0 Å². The Balaban J connectivity index is 1.65. The van der Waals surface area contributed by atoms with Crippen molar-refractivity contribution in [3.8, 4) is 5.75 Å². The van der Waals surface area contributed by atoms with E-state index in [2.05, 4.69) is 30.8 Å². The number of carboxylic acid groups (broad SMARTS) is 1. The summed E-state index contributed by atoms with van der Waals surface area (Å²) in [4.78, 5) is 27.7. The maximum atomic E-state index is 13.7. The van der Waals surface area contributed by atoms with Crippen molar-refractivity contribution in [2.75, 3.05) is 6.54 Å². The fourth-order valence-electron chi connectivity index (χ4n) is 6.02. The van der Waals surface area contributed by atoms with Crippen molar-refractivity contribution in [1.29, 1.82) is 0 Å². The Bertz CT molecular complexity index is 1600. The number of para-hydroxylation sites is 1. The van der Waals surface area contributed by atoms with Gasteiger partial charge in [0.15, 0.2) is 0 Å². The standard InChI is InChI=1S/C38H45NO5/c1-9-24(2)35(36(40)41)26(4)25(3)33-23-29(43-34-20-13-12-18-32(33)34)21-22-39(37(42)44-38(6,7)8)27(5)30-19-14-16-28-15-10-11-17-31(28)30/h9-20,27,29,33H,3,21-23H2,1-2,4-8H3,(H,40,41)/b24-9-,35-26+/t27-,29+,33+/m1/s1. The van der Waals surface area contributed by atoms with E-state index >= 15 is 0 Å². The maximum Gasteiger partial charge on any atom is 0.410 e. The zero-order chi connectivity index (χ0) is 32.2. The zero-order valence-electron chi connectivity index (χ0n) is 27.0. The third-order valence-corrected chi connectivity index (χ3v) is 8.47. The molecule has 6 heteroatoms. The lowest BCUT2D eigenvalue weighted by molar-refractivity contribution is -0.132. The van der Waals surface area contributed by atoms with Crippen LogP contribution in [0, 0.1) is 0 Å². The fourth-order valence-corrected chi connectivity index (χ4v) is 6.02. The van der Waals surface area contributed by atoms with Crippen molar-refractivity contribution in [2.45, 2.75) is 85.0 Å². The molecule has 0 aromatic heterocycles. The summed E-state index contributed by atoms with van der Waals surface area (Å²) in [5.41, 5.74) is 3.79. The number of fused-ring (bicyclic) bond motifs is 2. The number of rotatable bonds is 9. The van der Waals surface area contributed by atoms with Gasteiger partial charge in [-0.2, -0.15) is 0 Å². The van der Waals surface area contributed by atoms with E-state index in [4.69, 9.17) is 9.47 Å². The molecule has 4 rings (SSSR count). The van der Waals surface area contributed by atoms with E-state index in [-0.39, 0.29) is 29.7 Å². The van der Waals surface area contributed by atoms with Crippen LogP contribution in [-0.2, 0) is 9.53 Å². The number of carbonyl (C=O) groups is 2. The Kier molecular flexibility index (Phi) is 10.0. The van der Waals surface area contributed by atoms with Crippen LogP contribution in [0.25, 0.3) is 10.8 Å². The van der Waals surface area contributed by atoms with Crippen molar-refractivity contribution in [3.05, 3.63) is 113 Å². The van der Waals surface area contributed by atoms with Gasteiger partial charge >= 0.3 is 12.1 Å². The Morgan fingerprint density at radius 1 is 1.07 bits per heavy atom.